The maximum atomic E-state index is 12.9. The number of ether oxygens (including phenoxy) is 1. The molecule has 0 bridgehead atoms. The Morgan fingerprint density at radius 2 is 1.86 bits per heavy atom. The number of alkyl halides is 6. The van der Waals surface area contributed by atoms with Crippen LogP contribution in [0.2, 0.25) is 0 Å². The van der Waals surface area contributed by atoms with Gasteiger partial charge in [-0.05, 0) is 6.92 Å². The number of carbonyl (C=O) groups excluding carboxylic acids is 1. The molecule has 2 amide bonds. The number of nitrogens with zero attached hydrogens (tertiary/aromatic N) is 6. The van der Waals surface area contributed by atoms with Crippen molar-refractivity contribution in [2.75, 3.05) is 11.9 Å². The summed E-state index contributed by atoms with van der Waals surface area (Å²) in [5.41, 5.74) is 3.76. The molecule has 0 aromatic carbocycles. The van der Waals surface area contributed by atoms with Crippen LogP contribution in [0.4, 0.5) is 36.8 Å². The number of hydrogen-bond donors (Lipinski definition) is 3. The molecule has 18 heteroatoms. The first-order valence-electron chi connectivity index (χ1n) is 9.61. The molecule has 0 fully saturated rings. The van der Waals surface area contributed by atoms with E-state index in [1.54, 1.807) is 0 Å². The molecule has 1 unspecified atom stereocenters. The van der Waals surface area contributed by atoms with Crippen LogP contribution < -0.4 is 21.1 Å². The molecule has 4 N–H and O–H groups in total. The number of urea groups is 1. The summed E-state index contributed by atoms with van der Waals surface area (Å²) >= 11 is 4.87. The molecule has 1 atom stereocenters. The molecule has 0 saturated heterocycles. The third-order valence-corrected chi connectivity index (χ3v) is 4.44. The first-order valence-corrected chi connectivity index (χ1v) is 10.0. The van der Waals surface area contributed by atoms with Gasteiger partial charge in [-0.25, -0.2) is 24.7 Å². The fourth-order valence-corrected chi connectivity index (χ4v) is 2.82. The summed E-state index contributed by atoms with van der Waals surface area (Å²) in [5, 5.41) is 8.55. The highest BCUT2D eigenvalue weighted by Gasteiger charge is 2.35. The molecule has 192 valence electrons. The second-order valence-corrected chi connectivity index (χ2v) is 7.38. The van der Waals surface area contributed by atoms with Crippen LogP contribution in [0.15, 0.2) is 31.0 Å². The molecule has 11 nitrogen and oxygen atoms in total. The van der Waals surface area contributed by atoms with Gasteiger partial charge in [0.05, 0.1) is 12.2 Å². The van der Waals surface area contributed by atoms with Crippen molar-refractivity contribution in [3.8, 4) is 11.6 Å². The Bertz CT molecular complexity index is 1260. The highest BCUT2D eigenvalue weighted by Crippen LogP contribution is 2.34. The average molecular weight is 535 g/mol. The van der Waals surface area contributed by atoms with Crippen LogP contribution in [0.5, 0.6) is 5.75 Å². The first kappa shape index (κ1) is 26.5. The number of halogens is 6. The molecule has 0 radical (unpaired) electrons. The molecule has 3 aromatic heterocycles. The Hall–Kier alpha value is -4.09. The molecule has 3 rings (SSSR count). The normalized spacial score (nSPS) is 12.6. The minimum absolute atomic E-state index is 0.000404. The molecule has 0 aliphatic rings. The summed E-state index contributed by atoms with van der Waals surface area (Å²) in [7, 11) is 0. The lowest BCUT2D eigenvalue weighted by molar-refractivity contribution is -0.153. The summed E-state index contributed by atoms with van der Waals surface area (Å²) in [6.07, 6.45) is -6.92. The standard InChI is InChI=1S/C18H15F6N9O2S/c1-8(15-29-7-30-33(15)13-2-9(14(25)36)27-6-28-13)31-16(34)32-10-4-26-12(18(22,23)24)3-11(10)35-5-17(19,20)21/h2-4,6-8H,5H2,1H3,(H2,25,36)(H2,31,32,34). The third-order valence-electron chi connectivity index (χ3n) is 4.23. The van der Waals surface area contributed by atoms with Gasteiger partial charge < -0.3 is 21.1 Å². The molecular formula is C18H15F6N9O2S. The number of hydrogen-bond acceptors (Lipinski definition) is 8. The van der Waals surface area contributed by atoms with Crippen LogP contribution in [0.1, 0.15) is 30.2 Å². The van der Waals surface area contributed by atoms with E-state index in [2.05, 4.69) is 40.4 Å². The molecule has 36 heavy (non-hydrogen) atoms. The molecule has 0 aliphatic heterocycles. The van der Waals surface area contributed by atoms with Crippen molar-refractivity contribution >= 4 is 28.9 Å². The van der Waals surface area contributed by atoms with Gasteiger partial charge in [-0.3, -0.25) is 0 Å². The van der Waals surface area contributed by atoms with E-state index < -0.39 is 48.2 Å². The maximum Gasteiger partial charge on any atom is 0.433 e. The van der Waals surface area contributed by atoms with E-state index in [0.29, 0.717) is 6.20 Å². The molecule has 3 heterocycles. The van der Waals surface area contributed by atoms with E-state index >= 15 is 0 Å². The topological polar surface area (TPSA) is 146 Å². The molecular weight excluding hydrogens is 520 g/mol. The minimum Gasteiger partial charge on any atom is -0.482 e. The lowest BCUT2D eigenvalue weighted by Crippen LogP contribution is -2.33. The van der Waals surface area contributed by atoms with Gasteiger partial charge in [0, 0.05) is 12.1 Å². The molecule has 0 aliphatic carbocycles. The Kier molecular flexibility index (Phi) is 7.56. The van der Waals surface area contributed by atoms with Crippen LogP contribution in [0, 0.1) is 0 Å². The van der Waals surface area contributed by atoms with Crippen LogP contribution in [-0.4, -0.2) is 53.5 Å². The predicted molar refractivity (Wildman–Crippen MR) is 114 cm³/mol. The van der Waals surface area contributed by atoms with Gasteiger partial charge in [-0.1, -0.05) is 12.2 Å². The van der Waals surface area contributed by atoms with E-state index in [1.165, 1.54) is 24.0 Å². The maximum absolute atomic E-state index is 12.9. The molecule has 3 aromatic rings. The van der Waals surface area contributed by atoms with Gasteiger partial charge in [-0.15, -0.1) is 0 Å². The number of aromatic nitrogens is 6. The zero-order valence-corrected chi connectivity index (χ0v) is 18.7. The third kappa shape index (κ3) is 6.74. The highest BCUT2D eigenvalue weighted by atomic mass is 32.1. The van der Waals surface area contributed by atoms with E-state index in [9.17, 15) is 31.1 Å². The number of nitrogens with one attached hydrogen (secondary N) is 2. The predicted octanol–water partition coefficient (Wildman–Crippen LogP) is 2.93. The number of thiocarbonyl (C=S) groups is 1. The van der Waals surface area contributed by atoms with Gasteiger partial charge in [-0.2, -0.15) is 36.1 Å². The highest BCUT2D eigenvalue weighted by molar-refractivity contribution is 7.80. The van der Waals surface area contributed by atoms with Crippen molar-refractivity contribution in [2.24, 2.45) is 5.73 Å². The number of rotatable bonds is 7. The number of anilines is 1. The summed E-state index contributed by atoms with van der Waals surface area (Å²) in [6, 6.07) is -0.221. The van der Waals surface area contributed by atoms with Gasteiger partial charge in [0.2, 0.25) is 0 Å². The molecule has 0 saturated carbocycles. The zero-order chi connectivity index (χ0) is 26.7. The second-order valence-electron chi connectivity index (χ2n) is 6.94. The van der Waals surface area contributed by atoms with Crippen LogP contribution in [-0.2, 0) is 6.18 Å². The lowest BCUT2D eigenvalue weighted by atomic mass is 10.3. The minimum atomic E-state index is -4.95. The Morgan fingerprint density at radius 3 is 2.50 bits per heavy atom. The van der Waals surface area contributed by atoms with Crippen molar-refractivity contribution in [2.45, 2.75) is 25.3 Å². The van der Waals surface area contributed by atoms with Crippen molar-refractivity contribution < 1.29 is 35.9 Å². The van der Waals surface area contributed by atoms with Crippen molar-refractivity contribution in [3.05, 3.63) is 48.2 Å². The van der Waals surface area contributed by atoms with Gasteiger partial charge in [0.15, 0.2) is 18.2 Å². The smallest absolute Gasteiger partial charge is 0.433 e. The van der Waals surface area contributed by atoms with Crippen LogP contribution in [0.25, 0.3) is 5.82 Å². The number of nitrogens with two attached hydrogens (primary N) is 1. The summed E-state index contributed by atoms with van der Waals surface area (Å²) in [4.78, 5) is 27.6. The van der Waals surface area contributed by atoms with E-state index in [1.807, 2.05) is 0 Å². The summed E-state index contributed by atoms with van der Waals surface area (Å²) < 4.78 is 82.1. The van der Waals surface area contributed by atoms with E-state index in [4.69, 9.17) is 18.0 Å². The Balaban J connectivity index is 1.79. The fraction of sp³-hybridized carbons (Fsp3) is 0.278. The Morgan fingerprint density at radius 1 is 1.14 bits per heavy atom. The quantitative estimate of drug-likeness (QED) is 0.307. The van der Waals surface area contributed by atoms with Gasteiger partial charge >= 0.3 is 18.4 Å². The monoisotopic (exact) mass is 535 g/mol. The first-order chi connectivity index (χ1) is 16.7. The van der Waals surface area contributed by atoms with Crippen molar-refractivity contribution in [3.63, 3.8) is 0 Å². The zero-order valence-electron chi connectivity index (χ0n) is 17.9. The summed E-state index contributed by atoms with van der Waals surface area (Å²) in [5.74, 6) is -0.507. The van der Waals surface area contributed by atoms with Gasteiger partial charge in [0.1, 0.15) is 40.5 Å². The average Bonchev–Trinajstić information content (AvgIpc) is 3.27. The number of pyridine rings is 1. The largest absolute Gasteiger partial charge is 0.482 e. The Labute approximate surface area is 203 Å². The van der Waals surface area contributed by atoms with Gasteiger partial charge in [0.25, 0.3) is 0 Å². The van der Waals surface area contributed by atoms with Crippen LogP contribution in [0.3, 0.4) is 0 Å². The molecule has 0 spiro atoms. The number of carbonyl (C=O) groups is 1. The van der Waals surface area contributed by atoms with Crippen molar-refractivity contribution in [1.82, 2.24) is 35.0 Å². The lowest BCUT2D eigenvalue weighted by Gasteiger charge is -2.18. The SMILES string of the molecule is CC(NC(=O)Nc1cnc(C(F)(F)F)cc1OCC(F)(F)F)c1ncnn1-c1cc(C(N)=S)ncn1. The van der Waals surface area contributed by atoms with Crippen LogP contribution >= 0.6 is 12.2 Å². The fourth-order valence-electron chi connectivity index (χ4n) is 2.70. The summed E-state index contributed by atoms with van der Waals surface area (Å²) in [6.45, 7) is -0.404. The van der Waals surface area contributed by atoms with E-state index in [-0.39, 0.29) is 28.4 Å². The van der Waals surface area contributed by atoms with E-state index in [0.717, 1.165) is 6.33 Å². The van der Waals surface area contributed by atoms with Crippen molar-refractivity contribution in [1.29, 1.82) is 0 Å². The number of amides is 2. The second kappa shape index (κ2) is 10.3.